The van der Waals surface area contributed by atoms with E-state index in [0.29, 0.717) is 28.1 Å². The smallest absolute Gasteiger partial charge is 0.288 e. The van der Waals surface area contributed by atoms with Gasteiger partial charge in [0.1, 0.15) is 5.75 Å². The highest BCUT2D eigenvalue weighted by Gasteiger charge is 2.07. The molecule has 0 radical (unpaired) electrons. The van der Waals surface area contributed by atoms with E-state index in [2.05, 4.69) is 5.32 Å². The van der Waals surface area contributed by atoms with Crippen molar-refractivity contribution < 1.29 is 18.3 Å². The lowest BCUT2D eigenvalue weighted by Crippen LogP contribution is -2.20. The molecule has 23 heavy (non-hydrogen) atoms. The van der Waals surface area contributed by atoms with E-state index in [1.807, 2.05) is 32.0 Å². The Balaban J connectivity index is 1.87. The number of thioether (sulfide) groups is 1. The molecule has 0 aliphatic heterocycles. The van der Waals surface area contributed by atoms with Gasteiger partial charge in [0.2, 0.25) is 0 Å². The first-order chi connectivity index (χ1) is 10.9. The molecule has 0 atom stereocenters. The number of anilines is 1. The summed E-state index contributed by atoms with van der Waals surface area (Å²) in [7, 11) is 0. The zero-order valence-corrected chi connectivity index (χ0v) is 13.6. The van der Waals surface area contributed by atoms with E-state index in [4.69, 9.17) is 4.74 Å². The number of carbonyl (C=O) groups excluding carboxylic acids is 1. The molecule has 0 aromatic heterocycles. The first-order valence-corrected chi connectivity index (χ1v) is 7.87. The van der Waals surface area contributed by atoms with Crippen LogP contribution in [0.1, 0.15) is 11.1 Å². The van der Waals surface area contributed by atoms with Crippen molar-refractivity contribution in [3.05, 3.63) is 53.6 Å². The van der Waals surface area contributed by atoms with Crippen molar-refractivity contribution in [2.24, 2.45) is 0 Å². The number of alkyl halides is 2. The molecule has 1 N–H and O–H groups in total. The van der Waals surface area contributed by atoms with Gasteiger partial charge in [0.05, 0.1) is 0 Å². The van der Waals surface area contributed by atoms with E-state index in [0.717, 1.165) is 11.1 Å². The maximum absolute atomic E-state index is 12.2. The molecular formula is C17H17F2NO2S. The van der Waals surface area contributed by atoms with E-state index in [1.165, 1.54) is 12.1 Å². The number of halogens is 2. The van der Waals surface area contributed by atoms with Crippen molar-refractivity contribution in [1.29, 1.82) is 0 Å². The van der Waals surface area contributed by atoms with Gasteiger partial charge in [0.15, 0.2) is 6.61 Å². The summed E-state index contributed by atoms with van der Waals surface area (Å²) in [6, 6.07) is 12.0. The molecule has 0 saturated carbocycles. The topological polar surface area (TPSA) is 38.3 Å². The van der Waals surface area contributed by atoms with Gasteiger partial charge in [-0.25, -0.2) is 0 Å². The van der Waals surface area contributed by atoms with Crippen LogP contribution in [0.4, 0.5) is 14.5 Å². The normalized spacial score (nSPS) is 10.7. The molecule has 2 aromatic rings. The second kappa shape index (κ2) is 7.97. The Morgan fingerprint density at radius 1 is 1.17 bits per heavy atom. The molecule has 0 unspecified atom stereocenters. The lowest BCUT2D eigenvalue weighted by atomic mass is 10.1. The Labute approximate surface area is 138 Å². The largest absolute Gasteiger partial charge is 0.483 e. The lowest BCUT2D eigenvalue weighted by molar-refractivity contribution is -0.118. The SMILES string of the molecule is Cc1ccc(OCC(=O)Nc2ccc(SC(F)F)cc2)c(C)c1. The van der Waals surface area contributed by atoms with E-state index >= 15 is 0 Å². The van der Waals surface area contributed by atoms with E-state index in [9.17, 15) is 13.6 Å². The number of hydrogen-bond donors (Lipinski definition) is 1. The molecule has 6 heteroatoms. The van der Waals surface area contributed by atoms with E-state index in [-0.39, 0.29) is 12.5 Å². The first kappa shape index (κ1) is 17.3. The molecule has 1 amide bonds. The minimum Gasteiger partial charge on any atom is -0.483 e. The molecule has 0 aliphatic rings. The van der Waals surface area contributed by atoms with Crippen LogP contribution < -0.4 is 10.1 Å². The molecule has 0 spiro atoms. The van der Waals surface area contributed by atoms with Gasteiger partial charge < -0.3 is 10.1 Å². The zero-order valence-electron chi connectivity index (χ0n) is 12.8. The van der Waals surface area contributed by atoms with Gasteiger partial charge in [0, 0.05) is 10.6 Å². The molecule has 0 fully saturated rings. The highest BCUT2D eigenvalue weighted by Crippen LogP contribution is 2.26. The molecule has 0 saturated heterocycles. The van der Waals surface area contributed by atoms with Crippen LogP contribution in [0, 0.1) is 13.8 Å². The first-order valence-electron chi connectivity index (χ1n) is 6.99. The van der Waals surface area contributed by atoms with Crippen LogP contribution in [0.3, 0.4) is 0 Å². The van der Waals surface area contributed by atoms with Crippen molar-refractivity contribution >= 4 is 23.4 Å². The van der Waals surface area contributed by atoms with Gasteiger partial charge in [-0.05, 0) is 49.7 Å². The van der Waals surface area contributed by atoms with Crippen molar-refractivity contribution in [2.45, 2.75) is 24.5 Å². The fraction of sp³-hybridized carbons (Fsp3) is 0.235. The van der Waals surface area contributed by atoms with Crippen LogP contribution >= 0.6 is 11.8 Å². The van der Waals surface area contributed by atoms with Crippen LogP contribution in [0.15, 0.2) is 47.4 Å². The van der Waals surface area contributed by atoms with Crippen LogP contribution in [-0.2, 0) is 4.79 Å². The average molecular weight is 337 g/mol. The van der Waals surface area contributed by atoms with Crippen molar-refractivity contribution in [3.8, 4) is 5.75 Å². The maximum atomic E-state index is 12.2. The third-order valence-electron chi connectivity index (χ3n) is 3.05. The van der Waals surface area contributed by atoms with Gasteiger partial charge in [-0.2, -0.15) is 8.78 Å². The fourth-order valence-corrected chi connectivity index (χ4v) is 2.52. The highest BCUT2D eigenvalue weighted by molar-refractivity contribution is 7.99. The predicted molar refractivity (Wildman–Crippen MR) is 88.3 cm³/mol. The summed E-state index contributed by atoms with van der Waals surface area (Å²) in [5, 5.41) is 2.66. The number of hydrogen-bond acceptors (Lipinski definition) is 3. The Morgan fingerprint density at radius 3 is 2.48 bits per heavy atom. The summed E-state index contributed by atoms with van der Waals surface area (Å²) in [6.07, 6.45) is 0. The van der Waals surface area contributed by atoms with Gasteiger partial charge in [-0.15, -0.1) is 0 Å². The third kappa shape index (κ3) is 5.56. The molecule has 0 aliphatic carbocycles. The molecule has 2 aromatic carbocycles. The van der Waals surface area contributed by atoms with Crippen molar-refractivity contribution in [3.63, 3.8) is 0 Å². The Hall–Kier alpha value is -2.08. The number of benzene rings is 2. The monoisotopic (exact) mass is 337 g/mol. The zero-order chi connectivity index (χ0) is 16.8. The minimum atomic E-state index is -2.46. The van der Waals surface area contributed by atoms with Gasteiger partial charge in [-0.1, -0.05) is 29.5 Å². The number of carbonyl (C=O) groups is 1. The average Bonchev–Trinajstić information content (AvgIpc) is 2.48. The second-order valence-electron chi connectivity index (χ2n) is 5.01. The molecule has 122 valence electrons. The van der Waals surface area contributed by atoms with Crippen LogP contribution in [0.2, 0.25) is 0 Å². The number of nitrogens with one attached hydrogen (secondary N) is 1. The molecule has 0 heterocycles. The lowest BCUT2D eigenvalue weighted by Gasteiger charge is -2.10. The van der Waals surface area contributed by atoms with Crippen molar-refractivity contribution in [2.75, 3.05) is 11.9 Å². The summed E-state index contributed by atoms with van der Waals surface area (Å²) < 4.78 is 29.9. The number of aryl methyl sites for hydroxylation is 2. The summed E-state index contributed by atoms with van der Waals surface area (Å²) in [6.45, 7) is 3.79. The minimum absolute atomic E-state index is 0.114. The number of amides is 1. The highest BCUT2D eigenvalue weighted by atomic mass is 32.2. The van der Waals surface area contributed by atoms with Crippen LogP contribution in [0.5, 0.6) is 5.75 Å². The second-order valence-corrected chi connectivity index (χ2v) is 6.07. The summed E-state index contributed by atoms with van der Waals surface area (Å²) in [5.74, 6) is -2.10. The fourth-order valence-electron chi connectivity index (χ4n) is 2.02. The Bertz CT molecular complexity index is 675. The standard InChI is InChI=1S/C17H17F2NO2S/c1-11-3-8-15(12(2)9-11)22-10-16(21)20-13-4-6-14(7-5-13)23-17(18)19/h3-9,17H,10H2,1-2H3,(H,20,21). The van der Waals surface area contributed by atoms with Gasteiger partial charge >= 0.3 is 0 Å². The molecule has 3 nitrogen and oxygen atoms in total. The quantitative estimate of drug-likeness (QED) is 0.781. The number of rotatable bonds is 6. The molecule has 2 rings (SSSR count). The van der Waals surface area contributed by atoms with Gasteiger partial charge in [-0.3, -0.25) is 4.79 Å². The van der Waals surface area contributed by atoms with E-state index in [1.54, 1.807) is 12.1 Å². The molecule has 0 bridgehead atoms. The predicted octanol–water partition coefficient (Wildman–Crippen LogP) is 4.64. The Morgan fingerprint density at radius 2 is 1.87 bits per heavy atom. The number of ether oxygens (including phenoxy) is 1. The summed E-state index contributed by atoms with van der Waals surface area (Å²) >= 11 is 0.466. The van der Waals surface area contributed by atoms with Gasteiger partial charge in [0.25, 0.3) is 11.7 Å². The molecular weight excluding hydrogens is 320 g/mol. The third-order valence-corrected chi connectivity index (χ3v) is 3.77. The van der Waals surface area contributed by atoms with Crippen LogP contribution in [0.25, 0.3) is 0 Å². The summed E-state index contributed by atoms with van der Waals surface area (Å²) in [5.41, 5.74) is 2.63. The summed E-state index contributed by atoms with van der Waals surface area (Å²) in [4.78, 5) is 12.3. The van der Waals surface area contributed by atoms with Crippen LogP contribution in [-0.4, -0.2) is 18.3 Å². The Kier molecular flexibility index (Phi) is 5.98. The van der Waals surface area contributed by atoms with Crippen molar-refractivity contribution in [1.82, 2.24) is 0 Å². The maximum Gasteiger partial charge on any atom is 0.288 e. The van der Waals surface area contributed by atoms with E-state index < -0.39 is 5.76 Å².